The number of amides is 1. The van der Waals surface area contributed by atoms with Crippen LogP contribution in [-0.2, 0) is 10.5 Å². The topological polar surface area (TPSA) is 29.1 Å². The van der Waals surface area contributed by atoms with E-state index in [1.54, 1.807) is 12.1 Å². The summed E-state index contributed by atoms with van der Waals surface area (Å²) in [6.07, 6.45) is 0.912. The quantitative estimate of drug-likeness (QED) is 0.864. The van der Waals surface area contributed by atoms with Gasteiger partial charge in [0, 0.05) is 22.9 Å². The highest BCUT2D eigenvalue weighted by Crippen LogP contribution is 2.23. The van der Waals surface area contributed by atoms with Crippen molar-refractivity contribution in [1.29, 1.82) is 0 Å². The Morgan fingerprint density at radius 3 is 2.94 bits per heavy atom. The third-order valence-corrected chi connectivity index (χ3v) is 3.43. The number of nitrogens with one attached hydrogen (secondary N) is 1. The van der Waals surface area contributed by atoms with Gasteiger partial charge in [0.05, 0.1) is 5.75 Å². The van der Waals surface area contributed by atoms with Crippen LogP contribution in [0.5, 0.6) is 0 Å². The highest BCUT2D eigenvalue weighted by Gasteiger charge is 2.08. The second-order valence-electron chi connectivity index (χ2n) is 3.54. The predicted octanol–water partition coefficient (Wildman–Crippen LogP) is 3.24. The smallest absolute Gasteiger partial charge is 0.230 e. The molecule has 1 amide bonds. The highest BCUT2D eigenvalue weighted by molar-refractivity contribution is 7.99. The Labute approximate surface area is 110 Å². The molecule has 0 saturated carbocycles. The first-order valence-electron chi connectivity index (χ1n) is 5.42. The molecule has 0 aromatic heterocycles. The molecule has 0 spiro atoms. The van der Waals surface area contributed by atoms with E-state index in [4.69, 9.17) is 11.6 Å². The summed E-state index contributed by atoms with van der Waals surface area (Å²) in [5, 5.41) is 3.17. The molecule has 0 aliphatic heterocycles. The summed E-state index contributed by atoms with van der Waals surface area (Å²) in [4.78, 5) is 11.3. The third-order valence-electron chi connectivity index (χ3n) is 2.11. The summed E-state index contributed by atoms with van der Waals surface area (Å²) in [5.41, 5.74) is 0.461. The van der Waals surface area contributed by atoms with Crippen molar-refractivity contribution in [2.75, 3.05) is 12.3 Å². The summed E-state index contributed by atoms with van der Waals surface area (Å²) < 4.78 is 13.4. The number of hydrogen-bond donors (Lipinski definition) is 1. The van der Waals surface area contributed by atoms with Crippen molar-refractivity contribution in [2.24, 2.45) is 0 Å². The molecule has 2 nitrogen and oxygen atoms in total. The molecule has 0 saturated heterocycles. The van der Waals surface area contributed by atoms with E-state index in [9.17, 15) is 9.18 Å². The van der Waals surface area contributed by atoms with Gasteiger partial charge in [-0.15, -0.1) is 11.8 Å². The van der Waals surface area contributed by atoms with E-state index in [1.807, 2.05) is 6.92 Å². The summed E-state index contributed by atoms with van der Waals surface area (Å²) in [6, 6.07) is 4.59. The molecule has 0 aliphatic carbocycles. The van der Waals surface area contributed by atoms with Crippen LogP contribution < -0.4 is 5.32 Å². The number of halogens is 2. The molecule has 1 aromatic carbocycles. The van der Waals surface area contributed by atoms with Crippen LogP contribution in [0, 0.1) is 5.82 Å². The van der Waals surface area contributed by atoms with E-state index >= 15 is 0 Å². The number of hydrogen-bond acceptors (Lipinski definition) is 2. The Kier molecular flexibility index (Phi) is 6.37. The van der Waals surface area contributed by atoms with E-state index < -0.39 is 0 Å². The average Bonchev–Trinajstić information content (AvgIpc) is 2.30. The SMILES string of the molecule is CCCNC(=O)CSCc1c(F)cccc1Cl. The molecule has 5 heteroatoms. The van der Waals surface area contributed by atoms with Gasteiger partial charge in [-0.3, -0.25) is 4.79 Å². The summed E-state index contributed by atoms with van der Waals surface area (Å²) in [7, 11) is 0. The lowest BCUT2D eigenvalue weighted by Gasteiger charge is -2.06. The molecule has 0 heterocycles. The second kappa shape index (κ2) is 7.56. The standard InChI is InChI=1S/C12H15ClFNOS/c1-2-6-15-12(16)8-17-7-9-10(13)4-3-5-11(9)14/h3-5H,2,6-8H2,1H3,(H,15,16). The molecular formula is C12H15ClFNOS. The molecule has 17 heavy (non-hydrogen) atoms. The molecule has 1 aromatic rings. The van der Waals surface area contributed by atoms with Gasteiger partial charge in [0.25, 0.3) is 0 Å². The fraction of sp³-hybridized carbons (Fsp3) is 0.417. The summed E-state index contributed by atoms with van der Waals surface area (Å²) in [6.45, 7) is 2.67. The fourth-order valence-corrected chi connectivity index (χ4v) is 2.43. The van der Waals surface area contributed by atoms with Gasteiger partial charge in [0.15, 0.2) is 0 Å². The normalized spacial score (nSPS) is 10.3. The number of rotatable bonds is 6. The van der Waals surface area contributed by atoms with Gasteiger partial charge in [-0.2, -0.15) is 0 Å². The molecule has 1 rings (SSSR count). The lowest BCUT2D eigenvalue weighted by molar-refractivity contribution is -0.118. The van der Waals surface area contributed by atoms with Crippen LogP contribution in [0.4, 0.5) is 4.39 Å². The van der Waals surface area contributed by atoms with Crippen LogP contribution in [0.15, 0.2) is 18.2 Å². The van der Waals surface area contributed by atoms with E-state index in [1.165, 1.54) is 17.8 Å². The van der Waals surface area contributed by atoms with Crippen molar-refractivity contribution in [3.05, 3.63) is 34.6 Å². The molecule has 0 atom stereocenters. The average molecular weight is 276 g/mol. The van der Waals surface area contributed by atoms with Crippen LogP contribution in [0.1, 0.15) is 18.9 Å². The number of thioether (sulfide) groups is 1. The van der Waals surface area contributed by atoms with E-state index in [0.717, 1.165) is 6.42 Å². The maximum absolute atomic E-state index is 13.4. The maximum Gasteiger partial charge on any atom is 0.230 e. The summed E-state index contributed by atoms with van der Waals surface area (Å²) >= 11 is 7.23. The van der Waals surface area contributed by atoms with Gasteiger partial charge in [0.2, 0.25) is 5.91 Å². The van der Waals surface area contributed by atoms with Crippen LogP contribution in [0.25, 0.3) is 0 Å². The van der Waals surface area contributed by atoms with Crippen molar-refractivity contribution in [2.45, 2.75) is 19.1 Å². The Hall–Kier alpha value is -0.740. The zero-order valence-corrected chi connectivity index (χ0v) is 11.2. The first kappa shape index (κ1) is 14.3. The van der Waals surface area contributed by atoms with Gasteiger partial charge < -0.3 is 5.32 Å². The second-order valence-corrected chi connectivity index (χ2v) is 4.94. The Morgan fingerprint density at radius 2 is 2.29 bits per heavy atom. The molecular weight excluding hydrogens is 261 g/mol. The lowest BCUT2D eigenvalue weighted by Crippen LogP contribution is -2.25. The van der Waals surface area contributed by atoms with E-state index in [0.29, 0.717) is 28.6 Å². The van der Waals surface area contributed by atoms with Crippen LogP contribution >= 0.6 is 23.4 Å². The Morgan fingerprint density at radius 1 is 1.53 bits per heavy atom. The first-order chi connectivity index (χ1) is 8.15. The number of carbonyl (C=O) groups excluding carboxylic acids is 1. The molecule has 0 bridgehead atoms. The Bertz CT molecular complexity index is 367. The monoisotopic (exact) mass is 275 g/mol. The van der Waals surface area contributed by atoms with Gasteiger partial charge in [-0.05, 0) is 18.6 Å². The number of carbonyl (C=O) groups is 1. The first-order valence-corrected chi connectivity index (χ1v) is 6.95. The zero-order valence-electron chi connectivity index (χ0n) is 9.63. The minimum absolute atomic E-state index is 0.0238. The van der Waals surface area contributed by atoms with Gasteiger partial charge in [-0.25, -0.2) is 4.39 Å². The molecule has 1 N–H and O–H groups in total. The minimum Gasteiger partial charge on any atom is -0.355 e. The highest BCUT2D eigenvalue weighted by atomic mass is 35.5. The van der Waals surface area contributed by atoms with Crippen LogP contribution in [-0.4, -0.2) is 18.2 Å². The minimum atomic E-state index is -0.320. The fourth-order valence-electron chi connectivity index (χ4n) is 1.23. The number of benzene rings is 1. The molecule has 0 fully saturated rings. The zero-order chi connectivity index (χ0) is 12.7. The predicted molar refractivity (Wildman–Crippen MR) is 70.9 cm³/mol. The molecule has 0 aliphatic rings. The maximum atomic E-state index is 13.4. The van der Waals surface area contributed by atoms with Crippen LogP contribution in [0.2, 0.25) is 5.02 Å². The molecule has 0 unspecified atom stereocenters. The third kappa shape index (κ3) is 4.96. The lowest BCUT2D eigenvalue weighted by atomic mass is 10.2. The van der Waals surface area contributed by atoms with Crippen LogP contribution in [0.3, 0.4) is 0 Å². The van der Waals surface area contributed by atoms with Crippen molar-refractivity contribution >= 4 is 29.3 Å². The van der Waals surface area contributed by atoms with E-state index in [-0.39, 0.29) is 11.7 Å². The Balaban J connectivity index is 2.38. The van der Waals surface area contributed by atoms with Gasteiger partial charge >= 0.3 is 0 Å². The van der Waals surface area contributed by atoms with Crippen molar-refractivity contribution in [1.82, 2.24) is 5.32 Å². The van der Waals surface area contributed by atoms with Crippen molar-refractivity contribution < 1.29 is 9.18 Å². The molecule has 94 valence electrons. The molecule has 0 radical (unpaired) electrons. The van der Waals surface area contributed by atoms with Crippen molar-refractivity contribution in [3.63, 3.8) is 0 Å². The van der Waals surface area contributed by atoms with Gasteiger partial charge in [-0.1, -0.05) is 24.6 Å². The van der Waals surface area contributed by atoms with E-state index in [2.05, 4.69) is 5.32 Å². The van der Waals surface area contributed by atoms with Gasteiger partial charge in [0.1, 0.15) is 5.82 Å². The summed E-state index contributed by atoms with van der Waals surface area (Å²) in [5.74, 6) is 0.388. The largest absolute Gasteiger partial charge is 0.355 e. The van der Waals surface area contributed by atoms with Crippen molar-refractivity contribution in [3.8, 4) is 0 Å².